The molecule has 0 saturated heterocycles. The highest BCUT2D eigenvalue weighted by Gasteiger charge is 2.06. The summed E-state index contributed by atoms with van der Waals surface area (Å²) in [5.74, 6) is -0.168. The number of amides is 1. The predicted octanol–water partition coefficient (Wildman–Crippen LogP) is 6.37. The maximum atomic E-state index is 12.3. The van der Waals surface area contributed by atoms with Gasteiger partial charge in [-0.2, -0.15) is 0 Å². The minimum atomic E-state index is -0.168. The number of aromatic nitrogens is 1. The summed E-state index contributed by atoms with van der Waals surface area (Å²) in [6.07, 6.45) is 3.99. The summed E-state index contributed by atoms with van der Waals surface area (Å²) in [5.41, 5.74) is 3.30. The Labute approximate surface area is 166 Å². The fraction of sp³-hybridized carbons (Fsp3) is 0. The molecule has 27 heavy (non-hydrogen) atoms. The molecule has 4 aromatic rings. The van der Waals surface area contributed by atoms with Crippen molar-refractivity contribution >= 4 is 56.9 Å². The second-order valence-corrected chi connectivity index (χ2v) is 7.44. The van der Waals surface area contributed by atoms with E-state index in [0.717, 1.165) is 21.8 Å². The summed E-state index contributed by atoms with van der Waals surface area (Å²) < 4.78 is 1.17. The van der Waals surface area contributed by atoms with Crippen LogP contribution < -0.4 is 5.32 Å². The lowest BCUT2D eigenvalue weighted by atomic mass is 10.1. The van der Waals surface area contributed by atoms with Crippen molar-refractivity contribution in [3.63, 3.8) is 0 Å². The summed E-state index contributed by atoms with van der Waals surface area (Å²) in [4.78, 5) is 16.9. The molecule has 0 atom stereocenters. The number of carbonyl (C=O) groups is 1. The summed E-state index contributed by atoms with van der Waals surface area (Å²) in [6.45, 7) is 0. The first-order valence-electron chi connectivity index (χ1n) is 8.38. The first-order valence-corrected chi connectivity index (χ1v) is 9.57. The minimum Gasteiger partial charge on any atom is -0.322 e. The highest BCUT2D eigenvalue weighted by Crippen LogP contribution is 2.23. The van der Waals surface area contributed by atoms with Gasteiger partial charge in [0, 0.05) is 16.3 Å². The van der Waals surface area contributed by atoms with Gasteiger partial charge < -0.3 is 5.32 Å². The van der Waals surface area contributed by atoms with Gasteiger partial charge in [0.1, 0.15) is 5.01 Å². The molecule has 1 amide bonds. The molecule has 5 heteroatoms. The summed E-state index contributed by atoms with van der Waals surface area (Å²) in [7, 11) is 0. The average Bonchev–Trinajstić information content (AvgIpc) is 3.10. The standard InChI is InChI=1S/C22H15ClN2OS/c23-17-11-9-16(10-12-17)22(26)24-18-5-3-4-15(14-18)8-13-21-25-19-6-1-2-7-20(19)27-21/h1-14H,(H,24,26). The molecule has 0 bridgehead atoms. The summed E-state index contributed by atoms with van der Waals surface area (Å²) in [5, 5.41) is 4.46. The first-order chi connectivity index (χ1) is 13.2. The number of para-hydroxylation sites is 1. The molecule has 3 aromatic carbocycles. The number of nitrogens with zero attached hydrogens (tertiary/aromatic N) is 1. The summed E-state index contributed by atoms with van der Waals surface area (Å²) in [6, 6.07) is 22.6. The van der Waals surface area contributed by atoms with Crippen molar-refractivity contribution in [3.05, 3.63) is 94.0 Å². The minimum absolute atomic E-state index is 0.168. The van der Waals surface area contributed by atoms with Gasteiger partial charge in [0.2, 0.25) is 0 Å². The van der Waals surface area contributed by atoms with E-state index in [1.54, 1.807) is 35.6 Å². The van der Waals surface area contributed by atoms with Crippen molar-refractivity contribution in [3.8, 4) is 0 Å². The number of hydrogen-bond acceptors (Lipinski definition) is 3. The predicted molar refractivity (Wildman–Crippen MR) is 114 cm³/mol. The van der Waals surface area contributed by atoms with Crippen LogP contribution in [0.4, 0.5) is 5.69 Å². The lowest BCUT2D eigenvalue weighted by Gasteiger charge is -2.06. The van der Waals surface area contributed by atoms with E-state index < -0.39 is 0 Å². The van der Waals surface area contributed by atoms with Gasteiger partial charge in [-0.05, 0) is 60.2 Å². The fourth-order valence-electron chi connectivity index (χ4n) is 2.65. The number of anilines is 1. The highest BCUT2D eigenvalue weighted by atomic mass is 35.5. The van der Waals surface area contributed by atoms with Gasteiger partial charge in [0.15, 0.2) is 0 Å². The van der Waals surface area contributed by atoms with Crippen LogP contribution in [0.5, 0.6) is 0 Å². The van der Waals surface area contributed by atoms with Crippen LogP contribution in [-0.4, -0.2) is 10.9 Å². The monoisotopic (exact) mass is 390 g/mol. The zero-order chi connectivity index (χ0) is 18.6. The van der Waals surface area contributed by atoms with E-state index in [1.165, 1.54) is 4.70 Å². The van der Waals surface area contributed by atoms with E-state index in [4.69, 9.17) is 11.6 Å². The van der Waals surface area contributed by atoms with Crippen molar-refractivity contribution in [1.29, 1.82) is 0 Å². The lowest BCUT2D eigenvalue weighted by Crippen LogP contribution is -2.11. The largest absolute Gasteiger partial charge is 0.322 e. The van der Waals surface area contributed by atoms with Gasteiger partial charge in [-0.15, -0.1) is 11.3 Å². The second-order valence-electron chi connectivity index (χ2n) is 5.94. The number of hydrogen-bond donors (Lipinski definition) is 1. The van der Waals surface area contributed by atoms with E-state index in [-0.39, 0.29) is 5.91 Å². The maximum absolute atomic E-state index is 12.3. The number of nitrogens with one attached hydrogen (secondary N) is 1. The number of thiazole rings is 1. The molecular weight excluding hydrogens is 376 g/mol. The van der Waals surface area contributed by atoms with Crippen LogP contribution in [-0.2, 0) is 0 Å². The molecule has 0 unspecified atom stereocenters. The molecule has 3 nitrogen and oxygen atoms in total. The zero-order valence-corrected chi connectivity index (χ0v) is 15.8. The van der Waals surface area contributed by atoms with Gasteiger partial charge in [-0.3, -0.25) is 4.79 Å². The van der Waals surface area contributed by atoms with E-state index >= 15 is 0 Å². The second kappa shape index (κ2) is 7.74. The quantitative estimate of drug-likeness (QED) is 0.439. The Hall–Kier alpha value is -2.95. The third-order valence-electron chi connectivity index (χ3n) is 3.98. The van der Waals surface area contributed by atoms with Gasteiger partial charge in [0.05, 0.1) is 10.2 Å². The van der Waals surface area contributed by atoms with Gasteiger partial charge >= 0.3 is 0 Å². The molecule has 1 aromatic heterocycles. The molecule has 0 fully saturated rings. The molecule has 0 radical (unpaired) electrons. The highest BCUT2D eigenvalue weighted by molar-refractivity contribution is 7.19. The molecule has 1 N–H and O–H groups in total. The molecule has 0 spiro atoms. The Bertz CT molecular complexity index is 1100. The third-order valence-corrected chi connectivity index (χ3v) is 5.23. The van der Waals surface area contributed by atoms with Crippen LogP contribution >= 0.6 is 22.9 Å². The maximum Gasteiger partial charge on any atom is 0.255 e. The van der Waals surface area contributed by atoms with Crippen molar-refractivity contribution in [2.45, 2.75) is 0 Å². The van der Waals surface area contributed by atoms with Gasteiger partial charge in [-0.25, -0.2) is 4.98 Å². The van der Waals surface area contributed by atoms with E-state index in [0.29, 0.717) is 10.6 Å². The van der Waals surface area contributed by atoms with Crippen LogP contribution in [0, 0.1) is 0 Å². The Balaban J connectivity index is 1.50. The summed E-state index contributed by atoms with van der Waals surface area (Å²) >= 11 is 7.52. The number of halogens is 1. The average molecular weight is 391 g/mol. The lowest BCUT2D eigenvalue weighted by molar-refractivity contribution is 0.102. The zero-order valence-electron chi connectivity index (χ0n) is 14.2. The molecule has 0 aliphatic heterocycles. The number of fused-ring (bicyclic) bond motifs is 1. The van der Waals surface area contributed by atoms with Gasteiger partial charge in [0.25, 0.3) is 5.91 Å². The van der Waals surface area contributed by atoms with Crippen LogP contribution in [0.15, 0.2) is 72.8 Å². The van der Waals surface area contributed by atoms with Gasteiger partial charge in [-0.1, -0.05) is 41.9 Å². The Kier molecular flexibility index (Phi) is 5.01. The molecule has 132 valence electrons. The smallest absolute Gasteiger partial charge is 0.255 e. The topological polar surface area (TPSA) is 42.0 Å². The SMILES string of the molecule is O=C(Nc1cccc(C=Cc2nc3ccccc3s2)c1)c1ccc(Cl)cc1. The van der Waals surface area contributed by atoms with E-state index in [9.17, 15) is 4.79 Å². The van der Waals surface area contributed by atoms with Crippen LogP contribution in [0.25, 0.3) is 22.4 Å². The molecule has 0 aliphatic carbocycles. The molecule has 4 rings (SSSR count). The number of benzene rings is 3. The van der Waals surface area contributed by atoms with Crippen LogP contribution in [0.2, 0.25) is 5.02 Å². The Morgan fingerprint density at radius 1 is 0.963 bits per heavy atom. The Morgan fingerprint density at radius 3 is 2.59 bits per heavy atom. The van der Waals surface area contributed by atoms with Crippen LogP contribution in [0.1, 0.15) is 20.9 Å². The third kappa shape index (κ3) is 4.25. The van der Waals surface area contributed by atoms with E-state index in [1.807, 2.05) is 54.6 Å². The molecular formula is C22H15ClN2OS. The van der Waals surface area contributed by atoms with Crippen molar-refractivity contribution in [2.75, 3.05) is 5.32 Å². The Morgan fingerprint density at radius 2 is 1.78 bits per heavy atom. The van der Waals surface area contributed by atoms with E-state index in [2.05, 4.69) is 16.4 Å². The molecule has 0 aliphatic rings. The normalized spacial score (nSPS) is 11.1. The number of rotatable bonds is 4. The molecule has 1 heterocycles. The van der Waals surface area contributed by atoms with Crippen molar-refractivity contribution in [1.82, 2.24) is 4.98 Å². The van der Waals surface area contributed by atoms with Crippen LogP contribution in [0.3, 0.4) is 0 Å². The fourth-order valence-corrected chi connectivity index (χ4v) is 3.65. The first kappa shape index (κ1) is 17.5. The molecule has 0 saturated carbocycles. The van der Waals surface area contributed by atoms with Crippen molar-refractivity contribution in [2.24, 2.45) is 0 Å². The van der Waals surface area contributed by atoms with Crippen molar-refractivity contribution < 1.29 is 4.79 Å². The number of carbonyl (C=O) groups excluding carboxylic acids is 1.